The number of rotatable bonds is 5. The number of methoxy groups -OCH3 is 2. The van der Waals surface area contributed by atoms with Crippen LogP contribution in [0.2, 0.25) is 5.02 Å². The molecule has 0 radical (unpaired) electrons. The Labute approximate surface area is 150 Å². The predicted molar refractivity (Wildman–Crippen MR) is 96.7 cm³/mol. The Hall–Kier alpha value is -2.92. The van der Waals surface area contributed by atoms with Gasteiger partial charge in [0.2, 0.25) is 0 Å². The number of carbonyl (C=O) groups is 1. The van der Waals surface area contributed by atoms with E-state index in [4.69, 9.17) is 25.5 Å². The van der Waals surface area contributed by atoms with Gasteiger partial charge in [-0.3, -0.25) is 4.79 Å². The fourth-order valence-corrected chi connectivity index (χ4v) is 2.44. The Kier molecular flexibility index (Phi) is 4.95. The molecule has 5 nitrogen and oxygen atoms in total. The Morgan fingerprint density at radius 3 is 2.44 bits per heavy atom. The molecule has 3 aromatic rings. The topological polar surface area (TPSA) is 60.7 Å². The molecule has 128 valence electrons. The molecular formula is C19H16ClNO4. The van der Waals surface area contributed by atoms with Crippen LogP contribution in [0.1, 0.15) is 10.6 Å². The molecule has 0 bridgehead atoms. The number of benzene rings is 2. The number of amides is 1. The zero-order valence-electron chi connectivity index (χ0n) is 13.7. The molecule has 1 heterocycles. The lowest BCUT2D eigenvalue weighted by Crippen LogP contribution is -2.11. The summed E-state index contributed by atoms with van der Waals surface area (Å²) < 4.78 is 16.1. The first-order valence-corrected chi connectivity index (χ1v) is 7.87. The molecule has 0 saturated heterocycles. The molecular weight excluding hydrogens is 342 g/mol. The van der Waals surface area contributed by atoms with Crippen molar-refractivity contribution in [3.05, 3.63) is 65.4 Å². The Balaban J connectivity index is 1.79. The zero-order valence-corrected chi connectivity index (χ0v) is 14.5. The van der Waals surface area contributed by atoms with E-state index < -0.39 is 0 Å². The third kappa shape index (κ3) is 3.78. The van der Waals surface area contributed by atoms with E-state index in [0.717, 1.165) is 5.56 Å². The van der Waals surface area contributed by atoms with Crippen molar-refractivity contribution in [2.24, 2.45) is 0 Å². The number of hydrogen-bond donors (Lipinski definition) is 1. The summed E-state index contributed by atoms with van der Waals surface area (Å²) in [5.74, 6) is 1.55. The van der Waals surface area contributed by atoms with Crippen molar-refractivity contribution >= 4 is 23.2 Å². The van der Waals surface area contributed by atoms with Crippen molar-refractivity contribution < 1.29 is 18.7 Å². The van der Waals surface area contributed by atoms with Crippen LogP contribution in [0.5, 0.6) is 11.5 Å². The molecule has 0 atom stereocenters. The minimum absolute atomic E-state index is 0.197. The van der Waals surface area contributed by atoms with Gasteiger partial charge in [-0.05, 0) is 48.5 Å². The molecule has 0 saturated carbocycles. The molecule has 1 aromatic heterocycles. The molecule has 0 aliphatic rings. The van der Waals surface area contributed by atoms with Gasteiger partial charge in [0.05, 0.1) is 19.9 Å². The molecule has 3 rings (SSSR count). The van der Waals surface area contributed by atoms with Crippen molar-refractivity contribution in [2.75, 3.05) is 19.5 Å². The van der Waals surface area contributed by atoms with Gasteiger partial charge in [0, 0.05) is 16.7 Å². The van der Waals surface area contributed by atoms with Crippen LogP contribution in [0, 0.1) is 0 Å². The highest BCUT2D eigenvalue weighted by molar-refractivity contribution is 6.30. The number of hydrogen-bond acceptors (Lipinski definition) is 4. The van der Waals surface area contributed by atoms with Gasteiger partial charge >= 0.3 is 0 Å². The van der Waals surface area contributed by atoms with E-state index in [9.17, 15) is 4.79 Å². The van der Waals surface area contributed by atoms with E-state index in [0.29, 0.717) is 28.0 Å². The molecule has 0 aliphatic heterocycles. The maximum Gasteiger partial charge on any atom is 0.291 e. The second-order valence-corrected chi connectivity index (χ2v) is 5.63. The molecule has 0 aliphatic carbocycles. The molecule has 6 heteroatoms. The minimum atomic E-state index is -0.372. The Morgan fingerprint density at radius 2 is 1.76 bits per heavy atom. The molecule has 1 N–H and O–H groups in total. The van der Waals surface area contributed by atoms with Crippen LogP contribution in [0.15, 0.2) is 59.0 Å². The summed E-state index contributed by atoms with van der Waals surface area (Å²) in [7, 11) is 3.09. The summed E-state index contributed by atoms with van der Waals surface area (Å²) in [6, 6.07) is 15.7. The smallest absolute Gasteiger partial charge is 0.291 e. The molecule has 0 spiro atoms. The van der Waals surface area contributed by atoms with Crippen molar-refractivity contribution in [3.8, 4) is 22.8 Å². The van der Waals surface area contributed by atoms with E-state index in [1.807, 2.05) is 12.1 Å². The summed E-state index contributed by atoms with van der Waals surface area (Å²) in [5.41, 5.74) is 1.36. The van der Waals surface area contributed by atoms with Gasteiger partial charge in [-0.1, -0.05) is 11.6 Å². The Bertz CT molecular complexity index is 887. The van der Waals surface area contributed by atoms with Crippen molar-refractivity contribution in [1.29, 1.82) is 0 Å². The minimum Gasteiger partial charge on any atom is -0.497 e. The predicted octanol–water partition coefficient (Wildman–Crippen LogP) is 4.87. The van der Waals surface area contributed by atoms with Crippen LogP contribution in [0.3, 0.4) is 0 Å². The highest BCUT2D eigenvalue weighted by atomic mass is 35.5. The quantitative estimate of drug-likeness (QED) is 0.707. The number of furan rings is 1. The lowest BCUT2D eigenvalue weighted by molar-refractivity contribution is 0.0997. The van der Waals surface area contributed by atoms with Crippen LogP contribution in [0.25, 0.3) is 11.3 Å². The highest BCUT2D eigenvalue weighted by Crippen LogP contribution is 2.30. The van der Waals surface area contributed by atoms with Crippen molar-refractivity contribution in [2.45, 2.75) is 0 Å². The molecule has 2 aromatic carbocycles. The number of anilines is 1. The first-order chi connectivity index (χ1) is 12.1. The van der Waals surface area contributed by atoms with E-state index in [2.05, 4.69) is 5.32 Å². The van der Waals surface area contributed by atoms with Crippen molar-refractivity contribution in [1.82, 2.24) is 0 Å². The number of halogens is 1. The SMILES string of the molecule is COc1ccc(NC(=O)c2ccc(-c3ccc(Cl)cc3)o2)c(OC)c1. The number of nitrogens with one attached hydrogen (secondary N) is 1. The molecule has 25 heavy (non-hydrogen) atoms. The molecule has 1 amide bonds. The lowest BCUT2D eigenvalue weighted by Gasteiger charge is -2.10. The summed E-state index contributed by atoms with van der Waals surface area (Å²) >= 11 is 5.88. The lowest BCUT2D eigenvalue weighted by atomic mass is 10.2. The Morgan fingerprint density at radius 1 is 1.00 bits per heavy atom. The summed E-state index contributed by atoms with van der Waals surface area (Å²) in [6.07, 6.45) is 0. The van der Waals surface area contributed by atoms with Crippen LogP contribution in [-0.2, 0) is 0 Å². The van der Waals surface area contributed by atoms with Gasteiger partial charge in [-0.25, -0.2) is 0 Å². The highest BCUT2D eigenvalue weighted by Gasteiger charge is 2.15. The van der Waals surface area contributed by atoms with Crippen LogP contribution >= 0.6 is 11.6 Å². The van der Waals surface area contributed by atoms with Gasteiger partial charge < -0.3 is 19.2 Å². The van der Waals surface area contributed by atoms with Crippen LogP contribution < -0.4 is 14.8 Å². The van der Waals surface area contributed by atoms with Crippen LogP contribution in [-0.4, -0.2) is 20.1 Å². The number of carbonyl (C=O) groups excluding carboxylic acids is 1. The monoisotopic (exact) mass is 357 g/mol. The second-order valence-electron chi connectivity index (χ2n) is 5.19. The molecule has 0 unspecified atom stereocenters. The van der Waals surface area contributed by atoms with E-state index in [1.165, 1.54) is 7.11 Å². The first-order valence-electron chi connectivity index (χ1n) is 7.50. The first kappa shape index (κ1) is 16.9. The largest absolute Gasteiger partial charge is 0.497 e. The van der Waals surface area contributed by atoms with Crippen molar-refractivity contribution in [3.63, 3.8) is 0 Å². The van der Waals surface area contributed by atoms with Gasteiger partial charge in [-0.15, -0.1) is 0 Å². The summed E-state index contributed by atoms with van der Waals surface area (Å²) in [5, 5.41) is 3.41. The van der Waals surface area contributed by atoms with Gasteiger partial charge in [-0.2, -0.15) is 0 Å². The van der Waals surface area contributed by atoms with E-state index in [-0.39, 0.29) is 11.7 Å². The fraction of sp³-hybridized carbons (Fsp3) is 0.105. The van der Waals surface area contributed by atoms with Crippen LogP contribution in [0.4, 0.5) is 5.69 Å². The van der Waals surface area contributed by atoms with Gasteiger partial charge in [0.25, 0.3) is 5.91 Å². The average molecular weight is 358 g/mol. The van der Waals surface area contributed by atoms with Gasteiger partial charge in [0.1, 0.15) is 17.3 Å². The zero-order chi connectivity index (χ0) is 17.8. The number of ether oxygens (including phenoxy) is 2. The normalized spacial score (nSPS) is 10.4. The van der Waals surface area contributed by atoms with Gasteiger partial charge in [0.15, 0.2) is 5.76 Å². The fourth-order valence-electron chi connectivity index (χ4n) is 2.31. The maximum atomic E-state index is 12.4. The second kappa shape index (κ2) is 7.32. The van der Waals surface area contributed by atoms with E-state index in [1.54, 1.807) is 49.6 Å². The standard InChI is InChI=1S/C19H16ClNO4/c1-23-14-7-8-15(18(11-14)24-2)21-19(22)17-10-9-16(25-17)12-3-5-13(20)6-4-12/h3-11H,1-2H3,(H,21,22). The summed E-state index contributed by atoms with van der Waals surface area (Å²) in [6.45, 7) is 0. The summed E-state index contributed by atoms with van der Waals surface area (Å²) in [4.78, 5) is 12.4. The van der Waals surface area contributed by atoms with E-state index >= 15 is 0 Å². The average Bonchev–Trinajstić information content (AvgIpc) is 3.13. The maximum absolute atomic E-state index is 12.4. The third-order valence-corrected chi connectivity index (χ3v) is 3.87. The third-order valence-electron chi connectivity index (χ3n) is 3.62. The molecule has 0 fully saturated rings.